The summed E-state index contributed by atoms with van der Waals surface area (Å²) in [5, 5.41) is 0.500. The lowest BCUT2D eigenvalue weighted by Gasteiger charge is -2.16. The van der Waals surface area contributed by atoms with Crippen LogP contribution in [0.15, 0.2) is 37.2 Å². The Hall–Kier alpha value is -4.13. The number of nitrogen functional groups attached to an aromatic ring is 1. The van der Waals surface area contributed by atoms with Gasteiger partial charge in [0.25, 0.3) is 0 Å². The summed E-state index contributed by atoms with van der Waals surface area (Å²) in [5.41, 5.74) is 8.15. The lowest BCUT2D eigenvalue weighted by atomic mass is 10.0. The van der Waals surface area contributed by atoms with Crippen LogP contribution in [0.4, 0.5) is 14.6 Å². The number of halogens is 2. The zero-order chi connectivity index (χ0) is 23.8. The number of amides is 1. The third-order valence-electron chi connectivity index (χ3n) is 6.73. The fraction of sp³-hybridized carbons (Fsp3) is 0.292. The quantitative estimate of drug-likeness (QED) is 0.464. The van der Waals surface area contributed by atoms with E-state index in [0.29, 0.717) is 52.8 Å². The van der Waals surface area contributed by atoms with Gasteiger partial charge in [-0.2, -0.15) is 0 Å². The van der Waals surface area contributed by atoms with Gasteiger partial charge >= 0.3 is 6.29 Å². The van der Waals surface area contributed by atoms with Crippen LogP contribution in [-0.4, -0.2) is 44.7 Å². The van der Waals surface area contributed by atoms with Gasteiger partial charge in [0, 0.05) is 37.2 Å². The summed E-state index contributed by atoms with van der Waals surface area (Å²) in [6.45, 7) is 4.85. The molecule has 2 fully saturated rings. The van der Waals surface area contributed by atoms with E-state index in [0.717, 1.165) is 0 Å². The summed E-state index contributed by atoms with van der Waals surface area (Å²) in [4.78, 5) is 22.1. The van der Waals surface area contributed by atoms with Crippen LogP contribution in [0.2, 0.25) is 0 Å². The average molecular weight is 463 g/mol. The van der Waals surface area contributed by atoms with Crippen molar-refractivity contribution in [3.63, 3.8) is 0 Å². The molecule has 1 unspecified atom stereocenters. The molecule has 10 heteroatoms. The van der Waals surface area contributed by atoms with E-state index < -0.39 is 6.29 Å². The van der Waals surface area contributed by atoms with Gasteiger partial charge in [-0.25, -0.2) is 9.97 Å². The van der Waals surface area contributed by atoms with Crippen molar-refractivity contribution in [3.05, 3.63) is 42.9 Å². The molecule has 8 nitrogen and oxygen atoms in total. The fourth-order valence-corrected chi connectivity index (χ4v) is 5.05. The zero-order valence-electron chi connectivity index (χ0n) is 18.1. The number of aromatic nitrogens is 3. The Morgan fingerprint density at radius 3 is 2.79 bits per heavy atom. The van der Waals surface area contributed by atoms with E-state index in [1.165, 1.54) is 18.5 Å². The third kappa shape index (κ3) is 2.93. The molecule has 0 bridgehead atoms. The predicted molar refractivity (Wildman–Crippen MR) is 119 cm³/mol. The maximum atomic E-state index is 13.9. The van der Waals surface area contributed by atoms with Gasteiger partial charge in [-0.15, -0.1) is 8.78 Å². The smallest absolute Gasteiger partial charge is 0.395 e. The van der Waals surface area contributed by atoms with E-state index in [2.05, 4.69) is 33.1 Å². The molecule has 172 valence electrons. The van der Waals surface area contributed by atoms with Crippen LogP contribution in [-0.2, 0) is 11.8 Å². The number of anilines is 1. The fourth-order valence-electron chi connectivity index (χ4n) is 5.05. The van der Waals surface area contributed by atoms with Crippen molar-refractivity contribution in [2.75, 3.05) is 18.8 Å². The number of para-hydroxylation sites is 1. The van der Waals surface area contributed by atoms with Gasteiger partial charge in [0.15, 0.2) is 11.5 Å². The van der Waals surface area contributed by atoms with Gasteiger partial charge in [0.1, 0.15) is 23.5 Å². The Morgan fingerprint density at radius 2 is 2.06 bits per heavy atom. The Kier molecular flexibility index (Phi) is 4.18. The van der Waals surface area contributed by atoms with E-state index in [1.54, 1.807) is 28.6 Å². The highest BCUT2D eigenvalue weighted by atomic mass is 19.3. The Labute approximate surface area is 193 Å². The van der Waals surface area contributed by atoms with Gasteiger partial charge in [0.05, 0.1) is 5.39 Å². The summed E-state index contributed by atoms with van der Waals surface area (Å²) in [5.74, 6) is 7.31. The van der Waals surface area contributed by atoms with E-state index in [4.69, 9.17) is 10.5 Å². The summed E-state index contributed by atoms with van der Waals surface area (Å²) in [6.07, 6.45) is -1.10. The first kappa shape index (κ1) is 20.5. The standard InChI is InChI=1S/C24H19F2N5O3/c1-3-18(32)31-9-14-12(15(14)10-31)7-8-16-19(20-22(27)28-11-29-23(20)30(16)2)13-5-4-6-17-21(13)34-24(25,26)33-17/h3-6,11-12,14-15H,1,9-10H2,2H3,(H2,27,28,29)/t12?,14-,15+. The minimum atomic E-state index is -3.77. The number of rotatable bonds is 2. The molecule has 1 saturated carbocycles. The van der Waals surface area contributed by atoms with Crippen LogP contribution in [0.5, 0.6) is 11.5 Å². The normalized spacial score (nSPS) is 23.4. The number of fused-ring (bicyclic) bond motifs is 3. The van der Waals surface area contributed by atoms with Crippen LogP contribution in [0.25, 0.3) is 22.2 Å². The molecule has 1 aromatic carbocycles. The topological polar surface area (TPSA) is 95.5 Å². The van der Waals surface area contributed by atoms with Gasteiger partial charge in [-0.05, 0) is 29.9 Å². The van der Waals surface area contributed by atoms with Crippen LogP contribution in [0.1, 0.15) is 5.69 Å². The summed E-state index contributed by atoms with van der Waals surface area (Å²) in [6, 6.07) is 4.67. The Bertz CT molecular complexity index is 1440. The maximum absolute atomic E-state index is 13.9. The minimum absolute atomic E-state index is 0.0686. The zero-order valence-corrected chi connectivity index (χ0v) is 18.1. The molecule has 2 aromatic heterocycles. The van der Waals surface area contributed by atoms with E-state index >= 15 is 0 Å². The van der Waals surface area contributed by atoms with Crippen LogP contribution < -0.4 is 15.2 Å². The first-order chi connectivity index (χ1) is 16.3. The summed E-state index contributed by atoms with van der Waals surface area (Å²) < 4.78 is 39.0. The van der Waals surface area contributed by atoms with Crippen molar-refractivity contribution in [3.8, 4) is 34.5 Å². The molecule has 1 amide bonds. The molecule has 0 radical (unpaired) electrons. The number of likely N-dealkylation sites (tertiary alicyclic amines) is 1. The Balaban J connectivity index is 1.45. The number of carbonyl (C=O) groups excluding carboxylic acids is 1. The molecule has 1 saturated heterocycles. The highest BCUT2D eigenvalue weighted by Crippen LogP contribution is 2.52. The number of hydrogen-bond acceptors (Lipinski definition) is 6. The highest BCUT2D eigenvalue weighted by molar-refractivity contribution is 6.05. The van der Waals surface area contributed by atoms with Crippen LogP contribution >= 0.6 is 0 Å². The number of ether oxygens (including phenoxy) is 2. The van der Waals surface area contributed by atoms with Crippen molar-refractivity contribution in [2.24, 2.45) is 24.8 Å². The van der Waals surface area contributed by atoms with Gasteiger partial charge < -0.3 is 24.7 Å². The predicted octanol–water partition coefficient (Wildman–Crippen LogP) is 2.78. The third-order valence-corrected chi connectivity index (χ3v) is 6.73. The molecule has 2 N–H and O–H groups in total. The van der Waals surface area contributed by atoms with E-state index in [-0.39, 0.29) is 29.1 Å². The maximum Gasteiger partial charge on any atom is 0.586 e. The number of piperidine rings is 1. The molecular formula is C24H19F2N5O3. The van der Waals surface area contributed by atoms with Crippen molar-refractivity contribution < 1.29 is 23.0 Å². The van der Waals surface area contributed by atoms with Gasteiger partial charge in [-0.3, -0.25) is 4.79 Å². The van der Waals surface area contributed by atoms with Crippen LogP contribution in [0.3, 0.4) is 0 Å². The monoisotopic (exact) mass is 463 g/mol. The van der Waals surface area contributed by atoms with Crippen LogP contribution in [0, 0.1) is 29.6 Å². The molecule has 3 aliphatic rings. The van der Waals surface area contributed by atoms with Crippen molar-refractivity contribution in [2.45, 2.75) is 6.29 Å². The first-order valence-corrected chi connectivity index (χ1v) is 10.7. The largest absolute Gasteiger partial charge is 0.586 e. The lowest BCUT2D eigenvalue weighted by Crippen LogP contribution is -2.29. The minimum Gasteiger partial charge on any atom is -0.395 e. The SMILES string of the molecule is C=CC(=O)N1C[C@@H]2C(C#Cc3c(-c4cccc5c4OC(F)(F)O5)c4c(N)ncnc4n3C)[C@@H]2C1. The number of aryl methyl sites for hydroxylation is 1. The number of benzene rings is 1. The van der Waals surface area contributed by atoms with Crippen molar-refractivity contribution in [1.82, 2.24) is 19.4 Å². The molecule has 0 spiro atoms. The second-order valence-corrected chi connectivity index (χ2v) is 8.61. The van der Waals surface area contributed by atoms with Crippen molar-refractivity contribution >= 4 is 22.8 Å². The molecule has 2 aliphatic heterocycles. The number of hydrogen-bond donors (Lipinski definition) is 1. The van der Waals surface area contributed by atoms with Gasteiger partial charge in [-0.1, -0.05) is 24.6 Å². The molecule has 34 heavy (non-hydrogen) atoms. The molecule has 3 aromatic rings. The number of carbonyl (C=O) groups is 1. The highest BCUT2D eigenvalue weighted by Gasteiger charge is 2.55. The molecule has 6 rings (SSSR count). The first-order valence-electron chi connectivity index (χ1n) is 10.7. The molecule has 4 heterocycles. The van der Waals surface area contributed by atoms with Gasteiger partial charge in [0.2, 0.25) is 5.91 Å². The van der Waals surface area contributed by atoms with E-state index in [1.807, 2.05) is 0 Å². The van der Waals surface area contributed by atoms with Crippen molar-refractivity contribution in [1.29, 1.82) is 0 Å². The lowest BCUT2D eigenvalue weighted by molar-refractivity contribution is -0.286. The Morgan fingerprint density at radius 1 is 1.29 bits per heavy atom. The molecule has 3 atom stereocenters. The summed E-state index contributed by atoms with van der Waals surface area (Å²) >= 11 is 0. The second-order valence-electron chi connectivity index (χ2n) is 8.61. The average Bonchev–Trinajstić information content (AvgIpc) is 3.10. The number of nitrogens with two attached hydrogens (primary N) is 1. The molecule has 1 aliphatic carbocycles. The number of alkyl halides is 2. The second kappa shape index (κ2) is 6.93. The van der Waals surface area contributed by atoms with E-state index in [9.17, 15) is 13.6 Å². The molecular weight excluding hydrogens is 444 g/mol. The number of nitrogens with zero attached hydrogens (tertiary/aromatic N) is 4. The summed E-state index contributed by atoms with van der Waals surface area (Å²) in [7, 11) is 1.79.